The molecule has 266 valence electrons. The van der Waals surface area contributed by atoms with E-state index in [1.54, 1.807) is 14.2 Å². The van der Waals surface area contributed by atoms with Gasteiger partial charge >= 0.3 is 0 Å². The molecule has 2 bridgehead atoms. The fourth-order valence-electron chi connectivity index (χ4n) is 8.02. The van der Waals surface area contributed by atoms with E-state index >= 15 is 0 Å². The molecule has 1 heterocycles. The molecule has 5 atom stereocenters. The molecule has 2 aromatic carbocycles. The molecule has 0 spiro atoms. The van der Waals surface area contributed by atoms with Gasteiger partial charge in [-0.05, 0) is 100 Å². The number of methoxy groups -OCH3 is 2. The molecule has 1 fully saturated rings. The molecule has 8 nitrogen and oxygen atoms in total. The van der Waals surface area contributed by atoms with Crippen molar-refractivity contribution in [3.05, 3.63) is 92.2 Å². The quantitative estimate of drug-likeness (QED) is 0.139. The van der Waals surface area contributed by atoms with E-state index in [9.17, 15) is 25.2 Å². The van der Waals surface area contributed by atoms with Crippen LogP contribution in [0.4, 0.5) is 0 Å². The number of aliphatic hydroxyl groups excluding tert-OH is 3. The molecule has 9 heteroatoms. The Kier molecular flexibility index (Phi) is 12.1. The first-order chi connectivity index (χ1) is 23.4. The number of ketones is 1. The molecule has 6 rings (SSSR count). The Balaban J connectivity index is 1.57. The van der Waals surface area contributed by atoms with E-state index in [-0.39, 0.29) is 24.8 Å². The molecular formula is C40H53NO7S. The molecule has 1 saturated carbocycles. The van der Waals surface area contributed by atoms with Gasteiger partial charge in [-0.1, -0.05) is 36.8 Å². The number of hydrogen-bond acceptors (Lipinski definition) is 9. The minimum absolute atomic E-state index is 0.0237. The number of ether oxygens (including phenoxy) is 2. The van der Waals surface area contributed by atoms with Crippen LogP contribution in [0.25, 0.3) is 0 Å². The SMILES string of the molecule is COc1ccc(CN(C[C@H](O)CO)C[C@]2(O)CC[C@H]3c4ccc(cc4C(=O)c4ccc(C)s4)C[C@@H](O)CCC(C)=CCC[C@@]32C)c(OC)c1. The fourth-order valence-corrected chi connectivity index (χ4v) is 8.84. The van der Waals surface area contributed by atoms with Crippen molar-refractivity contribution in [1.29, 1.82) is 0 Å². The molecule has 4 N–H and O–H groups in total. The summed E-state index contributed by atoms with van der Waals surface area (Å²) in [6.45, 7) is 6.66. The highest BCUT2D eigenvalue weighted by Crippen LogP contribution is 2.59. The van der Waals surface area contributed by atoms with Gasteiger partial charge in [0.15, 0.2) is 0 Å². The molecule has 0 unspecified atom stereocenters. The summed E-state index contributed by atoms with van der Waals surface area (Å²) in [5, 5.41) is 44.3. The van der Waals surface area contributed by atoms with Gasteiger partial charge in [0.2, 0.25) is 5.78 Å². The van der Waals surface area contributed by atoms with Crippen molar-refractivity contribution in [1.82, 2.24) is 4.90 Å². The lowest BCUT2D eigenvalue weighted by Crippen LogP contribution is -2.53. The number of aryl methyl sites for hydroxylation is 1. The van der Waals surface area contributed by atoms with Gasteiger partial charge < -0.3 is 29.9 Å². The summed E-state index contributed by atoms with van der Waals surface area (Å²) >= 11 is 1.49. The van der Waals surface area contributed by atoms with Gasteiger partial charge in [0.1, 0.15) is 11.5 Å². The van der Waals surface area contributed by atoms with Crippen molar-refractivity contribution in [3.8, 4) is 11.5 Å². The van der Waals surface area contributed by atoms with Gasteiger partial charge in [-0.25, -0.2) is 0 Å². The van der Waals surface area contributed by atoms with Crippen LogP contribution in [-0.2, 0) is 13.0 Å². The van der Waals surface area contributed by atoms with Crippen LogP contribution >= 0.6 is 11.3 Å². The third kappa shape index (κ3) is 8.30. The van der Waals surface area contributed by atoms with Crippen LogP contribution in [-0.4, -0.2) is 82.8 Å². The van der Waals surface area contributed by atoms with Crippen LogP contribution < -0.4 is 9.47 Å². The van der Waals surface area contributed by atoms with Gasteiger partial charge in [0.25, 0.3) is 0 Å². The number of nitrogens with zero attached hydrogens (tertiary/aromatic N) is 1. The van der Waals surface area contributed by atoms with E-state index in [1.165, 1.54) is 16.9 Å². The predicted molar refractivity (Wildman–Crippen MR) is 194 cm³/mol. The van der Waals surface area contributed by atoms with E-state index in [0.29, 0.717) is 60.6 Å². The zero-order valence-electron chi connectivity index (χ0n) is 29.6. The monoisotopic (exact) mass is 691 g/mol. The second-order valence-electron chi connectivity index (χ2n) is 14.4. The lowest BCUT2D eigenvalue weighted by molar-refractivity contribution is -0.0908. The minimum Gasteiger partial charge on any atom is -0.497 e. The van der Waals surface area contributed by atoms with E-state index < -0.39 is 29.8 Å². The number of benzene rings is 2. The third-order valence-corrected chi connectivity index (χ3v) is 11.9. The Morgan fingerprint density at radius 2 is 1.86 bits per heavy atom. The number of hydrogen-bond donors (Lipinski definition) is 4. The van der Waals surface area contributed by atoms with Gasteiger partial charge in [-0.15, -0.1) is 11.3 Å². The summed E-state index contributed by atoms with van der Waals surface area (Å²) in [5.41, 5.74) is 2.78. The lowest BCUT2D eigenvalue weighted by atomic mass is 9.64. The molecule has 0 aliphatic heterocycles. The first-order valence-corrected chi connectivity index (χ1v) is 18.2. The highest BCUT2D eigenvalue weighted by atomic mass is 32.1. The van der Waals surface area contributed by atoms with E-state index in [1.807, 2.05) is 54.3 Å². The molecule has 0 saturated heterocycles. The highest BCUT2D eigenvalue weighted by molar-refractivity contribution is 7.14. The Morgan fingerprint density at radius 1 is 1.06 bits per heavy atom. The normalized spacial score (nSPS) is 25.1. The third-order valence-electron chi connectivity index (χ3n) is 10.9. The molecule has 49 heavy (non-hydrogen) atoms. The maximum absolute atomic E-state index is 14.2. The fraction of sp³-hybridized carbons (Fsp3) is 0.525. The maximum Gasteiger partial charge on any atom is 0.203 e. The number of carbonyl (C=O) groups excluding carboxylic acids is 1. The first-order valence-electron chi connectivity index (χ1n) is 17.4. The average molecular weight is 692 g/mol. The standard InChI is InChI=1S/C40H53NO7S/c1-26-7-6-17-39(3)35(33-14-10-28(19-30(43)12-8-26)20-34(33)38(45)37-15-9-27(2)49-37)16-18-40(39,46)25-41(23-31(44)24-42)22-29-11-13-32(47-4)21-36(29)48-5/h7,9-11,13-15,20-21,30-31,35,42-44,46H,6,8,12,16-19,22-25H2,1-5H3/t30-,31-,35-,39-,40+/m0/s1. The summed E-state index contributed by atoms with van der Waals surface area (Å²) in [5.74, 6) is 1.16. The average Bonchev–Trinajstić information content (AvgIpc) is 3.63. The van der Waals surface area contributed by atoms with Crippen molar-refractivity contribution >= 4 is 17.1 Å². The van der Waals surface area contributed by atoms with Crippen LogP contribution in [0.5, 0.6) is 11.5 Å². The Morgan fingerprint density at radius 3 is 2.55 bits per heavy atom. The zero-order chi connectivity index (χ0) is 35.3. The smallest absolute Gasteiger partial charge is 0.203 e. The summed E-state index contributed by atoms with van der Waals surface area (Å²) in [4.78, 5) is 18.0. The summed E-state index contributed by atoms with van der Waals surface area (Å²) in [6.07, 6.45) is 5.25. The van der Waals surface area contributed by atoms with E-state index in [2.05, 4.69) is 26.0 Å². The Bertz CT molecular complexity index is 1630. The molecular weight excluding hydrogens is 639 g/mol. The van der Waals surface area contributed by atoms with Crippen LogP contribution in [0.2, 0.25) is 0 Å². The van der Waals surface area contributed by atoms with Gasteiger partial charge in [-0.3, -0.25) is 9.69 Å². The molecule has 3 aliphatic rings. The van der Waals surface area contributed by atoms with Crippen LogP contribution in [0, 0.1) is 12.3 Å². The van der Waals surface area contributed by atoms with E-state index in [4.69, 9.17) is 9.47 Å². The second kappa shape index (κ2) is 15.9. The summed E-state index contributed by atoms with van der Waals surface area (Å²) in [7, 11) is 3.21. The van der Waals surface area contributed by atoms with E-state index in [0.717, 1.165) is 34.4 Å². The number of allylic oxidation sites excluding steroid dienone is 2. The number of rotatable bonds is 11. The van der Waals surface area contributed by atoms with Crippen molar-refractivity contribution in [2.24, 2.45) is 5.41 Å². The molecule has 3 aromatic rings. The van der Waals surface area contributed by atoms with Crippen LogP contribution in [0.3, 0.4) is 0 Å². The molecule has 0 radical (unpaired) electrons. The maximum atomic E-state index is 14.2. The Hall–Kier alpha value is -3.05. The van der Waals surface area contributed by atoms with Crippen LogP contribution in [0.15, 0.2) is 60.2 Å². The summed E-state index contributed by atoms with van der Waals surface area (Å²) < 4.78 is 11.1. The lowest BCUT2D eigenvalue weighted by Gasteiger charge is -2.46. The van der Waals surface area contributed by atoms with Gasteiger partial charge in [-0.2, -0.15) is 0 Å². The largest absolute Gasteiger partial charge is 0.497 e. The predicted octanol–water partition coefficient (Wildman–Crippen LogP) is 6.20. The number of fused-ring (bicyclic) bond motifs is 8. The summed E-state index contributed by atoms with van der Waals surface area (Å²) in [6, 6.07) is 15.6. The molecule has 3 aliphatic carbocycles. The number of aliphatic hydroxyl groups is 4. The van der Waals surface area contributed by atoms with Gasteiger partial charge in [0, 0.05) is 47.1 Å². The second-order valence-corrected chi connectivity index (χ2v) is 15.7. The molecule has 1 aromatic heterocycles. The number of thiophene rings is 1. The van der Waals surface area contributed by atoms with Crippen molar-refractivity contribution in [3.63, 3.8) is 0 Å². The zero-order valence-corrected chi connectivity index (χ0v) is 30.4. The van der Waals surface area contributed by atoms with Crippen LogP contribution in [0.1, 0.15) is 95.1 Å². The van der Waals surface area contributed by atoms with Crippen molar-refractivity contribution in [2.45, 2.75) is 96.0 Å². The minimum atomic E-state index is -1.18. The van der Waals surface area contributed by atoms with Gasteiger partial charge in [0.05, 0.1) is 43.5 Å². The number of carbonyl (C=O) groups is 1. The highest BCUT2D eigenvalue weighted by Gasteiger charge is 2.57. The van der Waals surface area contributed by atoms with Crippen molar-refractivity contribution < 1.29 is 34.7 Å². The Labute approximate surface area is 295 Å². The van der Waals surface area contributed by atoms with Crippen molar-refractivity contribution in [2.75, 3.05) is 33.9 Å². The first kappa shape index (κ1) is 37.2. The molecule has 0 amide bonds. The topological polar surface area (TPSA) is 120 Å².